The lowest BCUT2D eigenvalue weighted by atomic mass is 10.1. The molecule has 28 heavy (non-hydrogen) atoms. The van der Waals surface area contributed by atoms with Gasteiger partial charge >= 0.3 is 6.03 Å². The highest BCUT2D eigenvalue weighted by Gasteiger charge is 2.18. The molecular formula is C20H28N6O2. The van der Waals surface area contributed by atoms with E-state index in [1.54, 1.807) is 24.3 Å². The topological polar surface area (TPSA) is 92.2 Å². The predicted molar refractivity (Wildman–Crippen MR) is 107 cm³/mol. The summed E-state index contributed by atoms with van der Waals surface area (Å²) in [7, 11) is 0. The summed E-state index contributed by atoms with van der Waals surface area (Å²) in [6, 6.07) is 6.83. The number of hydrogen-bond donors (Lipinski definition) is 2. The number of likely N-dealkylation sites (tertiary alicyclic amines) is 1. The largest absolute Gasteiger partial charge is 0.339 e. The van der Waals surface area contributed by atoms with E-state index in [0.29, 0.717) is 24.3 Å². The number of aromatic nitrogens is 3. The average Bonchev–Trinajstić information content (AvgIpc) is 3.02. The molecule has 3 amide bonds. The van der Waals surface area contributed by atoms with E-state index in [1.807, 2.05) is 23.4 Å². The van der Waals surface area contributed by atoms with Gasteiger partial charge < -0.3 is 15.5 Å². The first-order chi connectivity index (χ1) is 13.5. The summed E-state index contributed by atoms with van der Waals surface area (Å²) in [4.78, 5) is 30.9. The molecule has 0 bridgehead atoms. The van der Waals surface area contributed by atoms with Gasteiger partial charge in [0.1, 0.15) is 11.6 Å². The van der Waals surface area contributed by atoms with Crippen LogP contribution in [0.2, 0.25) is 0 Å². The maximum Gasteiger partial charge on any atom is 0.319 e. The van der Waals surface area contributed by atoms with Crippen molar-refractivity contribution in [3.8, 4) is 0 Å². The smallest absolute Gasteiger partial charge is 0.319 e. The SMILES string of the molecule is Cc1nc(C)n(CCCNC(=O)Nc2cccc(C(=O)N3CCCCC3)c2)n1. The van der Waals surface area contributed by atoms with Gasteiger partial charge in [0.15, 0.2) is 0 Å². The third-order valence-corrected chi connectivity index (χ3v) is 4.81. The fraction of sp³-hybridized carbons (Fsp3) is 0.500. The van der Waals surface area contributed by atoms with Gasteiger partial charge in [0.05, 0.1) is 0 Å². The molecule has 8 nitrogen and oxygen atoms in total. The van der Waals surface area contributed by atoms with Gasteiger partial charge in [0.25, 0.3) is 5.91 Å². The Labute approximate surface area is 165 Å². The van der Waals surface area contributed by atoms with Crippen LogP contribution in [0.15, 0.2) is 24.3 Å². The molecule has 2 heterocycles. The molecule has 0 aliphatic carbocycles. The fourth-order valence-electron chi connectivity index (χ4n) is 3.39. The molecule has 2 aromatic rings. The molecular weight excluding hydrogens is 356 g/mol. The minimum atomic E-state index is -0.283. The molecule has 8 heteroatoms. The van der Waals surface area contributed by atoms with E-state index in [-0.39, 0.29) is 11.9 Å². The normalized spacial score (nSPS) is 14.0. The number of piperidine rings is 1. The van der Waals surface area contributed by atoms with Crippen LogP contribution in [-0.4, -0.2) is 51.2 Å². The minimum absolute atomic E-state index is 0.0299. The molecule has 0 unspecified atom stereocenters. The second kappa shape index (κ2) is 9.34. The van der Waals surface area contributed by atoms with Crippen molar-refractivity contribution in [2.24, 2.45) is 0 Å². The van der Waals surface area contributed by atoms with Crippen molar-refractivity contribution >= 4 is 17.6 Å². The van der Waals surface area contributed by atoms with Gasteiger partial charge in [-0.2, -0.15) is 5.10 Å². The van der Waals surface area contributed by atoms with Gasteiger partial charge in [-0.1, -0.05) is 6.07 Å². The number of carbonyl (C=O) groups excluding carboxylic acids is 2. The Balaban J connectivity index is 1.46. The van der Waals surface area contributed by atoms with Crippen molar-refractivity contribution in [1.29, 1.82) is 0 Å². The Bertz CT molecular complexity index is 826. The Morgan fingerprint density at radius 3 is 2.64 bits per heavy atom. The van der Waals surface area contributed by atoms with Crippen LogP contribution in [0.5, 0.6) is 0 Å². The van der Waals surface area contributed by atoms with Crippen LogP contribution >= 0.6 is 0 Å². The minimum Gasteiger partial charge on any atom is -0.339 e. The molecule has 2 N–H and O–H groups in total. The highest BCUT2D eigenvalue weighted by Crippen LogP contribution is 2.16. The maximum absolute atomic E-state index is 12.6. The third kappa shape index (κ3) is 5.31. The number of amides is 3. The highest BCUT2D eigenvalue weighted by atomic mass is 16.2. The van der Waals surface area contributed by atoms with Gasteiger partial charge in [-0.05, 0) is 57.7 Å². The molecule has 1 aromatic heterocycles. The zero-order chi connectivity index (χ0) is 19.9. The Hall–Kier alpha value is -2.90. The maximum atomic E-state index is 12.6. The van der Waals surface area contributed by atoms with Crippen LogP contribution in [0.25, 0.3) is 0 Å². The number of rotatable bonds is 6. The molecule has 0 atom stereocenters. The molecule has 1 fully saturated rings. The zero-order valence-electron chi connectivity index (χ0n) is 16.6. The van der Waals surface area contributed by atoms with E-state index in [2.05, 4.69) is 20.7 Å². The molecule has 1 aliphatic heterocycles. The van der Waals surface area contributed by atoms with Crippen LogP contribution in [-0.2, 0) is 6.54 Å². The Morgan fingerprint density at radius 2 is 1.93 bits per heavy atom. The van der Waals surface area contributed by atoms with Gasteiger partial charge in [-0.25, -0.2) is 9.78 Å². The van der Waals surface area contributed by atoms with Gasteiger partial charge in [-0.15, -0.1) is 0 Å². The number of benzene rings is 1. The predicted octanol–water partition coefficient (Wildman–Crippen LogP) is 2.73. The molecule has 3 rings (SSSR count). The third-order valence-electron chi connectivity index (χ3n) is 4.81. The second-order valence-corrected chi connectivity index (χ2v) is 7.10. The Kier molecular flexibility index (Phi) is 6.62. The van der Waals surface area contributed by atoms with Crippen molar-refractivity contribution in [2.45, 2.75) is 46.1 Å². The van der Waals surface area contributed by atoms with Crippen LogP contribution in [0.4, 0.5) is 10.5 Å². The molecule has 1 aromatic carbocycles. The van der Waals surface area contributed by atoms with Crippen LogP contribution < -0.4 is 10.6 Å². The Morgan fingerprint density at radius 1 is 1.14 bits per heavy atom. The highest BCUT2D eigenvalue weighted by molar-refractivity contribution is 5.97. The number of aryl methyl sites for hydroxylation is 3. The summed E-state index contributed by atoms with van der Waals surface area (Å²) in [5.74, 6) is 1.65. The van der Waals surface area contributed by atoms with E-state index < -0.39 is 0 Å². The van der Waals surface area contributed by atoms with E-state index >= 15 is 0 Å². The molecule has 0 radical (unpaired) electrons. The summed E-state index contributed by atoms with van der Waals surface area (Å²) in [5, 5.41) is 9.93. The summed E-state index contributed by atoms with van der Waals surface area (Å²) < 4.78 is 1.84. The van der Waals surface area contributed by atoms with Crippen molar-refractivity contribution in [2.75, 3.05) is 25.0 Å². The lowest BCUT2D eigenvalue weighted by Crippen LogP contribution is -2.35. The summed E-state index contributed by atoms with van der Waals surface area (Å²) >= 11 is 0. The monoisotopic (exact) mass is 384 g/mol. The number of urea groups is 1. The number of nitrogens with one attached hydrogen (secondary N) is 2. The van der Waals surface area contributed by atoms with Gasteiger partial charge in [0.2, 0.25) is 0 Å². The molecule has 150 valence electrons. The van der Waals surface area contributed by atoms with Crippen molar-refractivity contribution < 1.29 is 9.59 Å². The van der Waals surface area contributed by atoms with Crippen LogP contribution in [0.3, 0.4) is 0 Å². The summed E-state index contributed by atoms with van der Waals surface area (Å²) in [6.07, 6.45) is 4.05. The van der Waals surface area contributed by atoms with E-state index in [1.165, 1.54) is 6.42 Å². The molecule has 0 saturated carbocycles. The first kappa shape index (κ1) is 19.9. The van der Waals surface area contributed by atoms with Crippen molar-refractivity contribution in [3.05, 3.63) is 41.5 Å². The van der Waals surface area contributed by atoms with E-state index in [4.69, 9.17) is 0 Å². The standard InChI is InChI=1S/C20H28N6O2/c1-15-22-16(2)26(24-15)13-7-10-21-20(28)23-18-9-6-8-17(14-18)19(27)25-11-4-3-5-12-25/h6,8-9,14H,3-5,7,10-13H2,1-2H3,(H2,21,23,28). The first-order valence-corrected chi connectivity index (χ1v) is 9.85. The molecule has 0 spiro atoms. The lowest BCUT2D eigenvalue weighted by molar-refractivity contribution is 0.0724. The first-order valence-electron chi connectivity index (χ1n) is 9.85. The van der Waals surface area contributed by atoms with Crippen molar-refractivity contribution in [3.63, 3.8) is 0 Å². The number of carbonyl (C=O) groups is 2. The van der Waals surface area contributed by atoms with Gasteiger partial charge in [0, 0.05) is 37.4 Å². The molecule has 1 aliphatic rings. The quantitative estimate of drug-likeness (QED) is 0.749. The summed E-state index contributed by atoms with van der Waals surface area (Å²) in [6.45, 7) is 6.62. The van der Waals surface area contributed by atoms with Crippen LogP contribution in [0.1, 0.15) is 47.7 Å². The summed E-state index contributed by atoms with van der Waals surface area (Å²) in [5.41, 5.74) is 1.22. The number of anilines is 1. The molecule has 1 saturated heterocycles. The van der Waals surface area contributed by atoms with E-state index in [9.17, 15) is 9.59 Å². The number of hydrogen-bond acceptors (Lipinski definition) is 4. The second-order valence-electron chi connectivity index (χ2n) is 7.10. The fourth-order valence-corrected chi connectivity index (χ4v) is 3.39. The van der Waals surface area contributed by atoms with Crippen molar-refractivity contribution in [1.82, 2.24) is 25.0 Å². The van der Waals surface area contributed by atoms with E-state index in [0.717, 1.165) is 44.0 Å². The van der Waals surface area contributed by atoms with Crippen LogP contribution in [0, 0.1) is 13.8 Å². The zero-order valence-corrected chi connectivity index (χ0v) is 16.6. The lowest BCUT2D eigenvalue weighted by Gasteiger charge is -2.26. The van der Waals surface area contributed by atoms with Gasteiger partial charge in [-0.3, -0.25) is 9.48 Å². The average molecular weight is 384 g/mol. The number of nitrogens with zero attached hydrogens (tertiary/aromatic N) is 4.